The number of thioether (sulfide) groups is 1. The van der Waals surface area contributed by atoms with Gasteiger partial charge in [-0.05, 0) is 50.0 Å². The second kappa shape index (κ2) is 18.2. The van der Waals surface area contributed by atoms with Crippen LogP contribution in [0.25, 0.3) is 0 Å². The summed E-state index contributed by atoms with van der Waals surface area (Å²) in [5, 5.41) is 8.74. The van der Waals surface area contributed by atoms with Gasteiger partial charge in [-0.1, -0.05) is 57.4 Å². The Bertz CT molecular complexity index is 418. The van der Waals surface area contributed by atoms with Crippen LogP contribution in [0, 0.1) is 5.92 Å². The van der Waals surface area contributed by atoms with Crippen LogP contribution >= 0.6 is 11.8 Å². The SMILES string of the molecule is CCCCCC/C=C\C/C=C\CCSCC=C=CCC(C)C(=O)O. The minimum absolute atomic E-state index is 0.325. The van der Waals surface area contributed by atoms with Crippen molar-refractivity contribution >= 4 is 17.7 Å². The predicted octanol–water partition coefficient (Wildman–Crippen LogP) is 6.40. The van der Waals surface area contributed by atoms with Crippen LogP contribution in [0.3, 0.4) is 0 Å². The summed E-state index contributed by atoms with van der Waals surface area (Å²) >= 11 is 1.87. The lowest BCUT2D eigenvalue weighted by molar-refractivity contribution is -0.140. The predicted molar refractivity (Wildman–Crippen MR) is 108 cm³/mol. The van der Waals surface area contributed by atoms with Gasteiger partial charge in [-0.2, -0.15) is 11.8 Å². The average Bonchev–Trinajstić information content (AvgIpc) is 2.57. The second-order valence-electron chi connectivity index (χ2n) is 5.94. The van der Waals surface area contributed by atoms with Gasteiger partial charge in [0.25, 0.3) is 0 Å². The van der Waals surface area contributed by atoms with Crippen molar-refractivity contribution in [1.82, 2.24) is 0 Å². The fraction of sp³-hybridized carbons (Fsp3) is 0.619. The van der Waals surface area contributed by atoms with Crippen LogP contribution in [-0.4, -0.2) is 22.6 Å². The monoisotopic (exact) mass is 350 g/mol. The normalized spacial score (nSPS) is 12.4. The molecular formula is C21H34O2S. The van der Waals surface area contributed by atoms with Gasteiger partial charge >= 0.3 is 5.97 Å². The number of rotatable bonds is 15. The standard InChI is InChI=1S/C21H34O2S/c1-3-4-5-6-7-8-9-10-11-12-15-18-24-19-16-13-14-17-20(2)21(22)23/h8-9,11-12,14,16,20H,3-7,10,15,17-19H2,1-2H3,(H,22,23)/b9-8-,12-11-. The third-order valence-corrected chi connectivity index (χ3v) is 4.52. The number of allylic oxidation sites excluding steroid dienone is 4. The third-order valence-electron chi connectivity index (χ3n) is 3.59. The number of hydrogen-bond acceptors (Lipinski definition) is 2. The molecule has 0 saturated heterocycles. The van der Waals surface area contributed by atoms with Crippen LogP contribution in [0.2, 0.25) is 0 Å². The molecule has 2 nitrogen and oxygen atoms in total. The highest BCUT2D eigenvalue weighted by molar-refractivity contribution is 7.99. The molecule has 0 aliphatic heterocycles. The summed E-state index contributed by atoms with van der Waals surface area (Å²) in [4.78, 5) is 10.6. The van der Waals surface area contributed by atoms with E-state index in [2.05, 4.69) is 37.0 Å². The van der Waals surface area contributed by atoms with E-state index in [1.54, 1.807) is 6.92 Å². The van der Waals surface area contributed by atoms with Gasteiger partial charge in [0.15, 0.2) is 0 Å². The van der Waals surface area contributed by atoms with Crippen molar-refractivity contribution in [2.45, 2.75) is 65.2 Å². The van der Waals surface area contributed by atoms with Crippen molar-refractivity contribution in [2.24, 2.45) is 5.92 Å². The van der Waals surface area contributed by atoms with Crippen molar-refractivity contribution in [3.8, 4) is 0 Å². The fourth-order valence-corrected chi connectivity index (χ4v) is 2.65. The average molecular weight is 351 g/mol. The molecule has 0 spiro atoms. The van der Waals surface area contributed by atoms with Crippen molar-refractivity contribution in [3.63, 3.8) is 0 Å². The quantitative estimate of drug-likeness (QED) is 0.211. The molecule has 3 heteroatoms. The summed E-state index contributed by atoms with van der Waals surface area (Å²) in [5.74, 6) is 0.972. The first-order valence-electron chi connectivity index (χ1n) is 9.18. The molecule has 0 aliphatic carbocycles. The summed E-state index contributed by atoms with van der Waals surface area (Å²) in [6, 6.07) is 0. The zero-order valence-electron chi connectivity index (χ0n) is 15.4. The van der Waals surface area contributed by atoms with Gasteiger partial charge in [0.05, 0.1) is 5.92 Å². The third kappa shape index (κ3) is 17.2. The molecular weight excluding hydrogens is 316 g/mol. The van der Waals surface area contributed by atoms with E-state index >= 15 is 0 Å². The van der Waals surface area contributed by atoms with Gasteiger partial charge in [0, 0.05) is 5.75 Å². The Morgan fingerprint density at radius 1 is 1.08 bits per heavy atom. The molecule has 0 rings (SSSR count). The lowest BCUT2D eigenvalue weighted by atomic mass is 10.1. The highest BCUT2D eigenvalue weighted by atomic mass is 32.2. The summed E-state index contributed by atoms with van der Waals surface area (Å²) in [7, 11) is 0. The van der Waals surface area contributed by atoms with E-state index in [0.717, 1.165) is 24.3 Å². The van der Waals surface area contributed by atoms with E-state index in [1.807, 2.05) is 23.9 Å². The molecule has 0 saturated carbocycles. The molecule has 24 heavy (non-hydrogen) atoms. The van der Waals surface area contributed by atoms with Crippen molar-refractivity contribution in [2.75, 3.05) is 11.5 Å². The number of carboxylic acid groups (broad SMARTS) is 1. The summed E-state index contributed by atoms with van der Waals surface area (Å²) in [6.45, 7) is 3.96. The molecule has 0 fully saturated rings. The smallest absolute Gasteiger partial charge is 0.306 e. The van der Waals surface area contributed by atoms with Crippen LogP contribution in [0.4, 0.5) is 0 Å². The van der Waals surface area contributed by atoms with E-state index in [0.29, 0.717) is 6.42 Å². The van der Waals surface area contributed by atoms with Crippen LogP contribution < -0.4 is 0 Å². The largest absolute Gasteiger partial charge is 0.481 e. The van der Waals surface area contributed by atoms with Crippen molar-refractivity contribution in [1.29, 1.82) is 0 Å². The first-order chi connectivity index (χ1) is 11.7. The first-order valence-corrected chi connectivity index (χ1v) is 10.3. The van der Waals surface area contributed by atoms with Gasteiger partial charge in [-0.25, -0.2) is 0 Å². The zero-order valence-corrected chi connectivity index (χ0v) is 16.2. The number of aliphatic carboxylic acids is 1. The van der Waals surface area contributed by atoms with Gasteiger partial charge in [-0.3, -0.25) is 4.79 Å². The number of hydrogen-bond donors (Lipinski definition) is 1. The fourth-order valence-electron chi connectivity index (χ4n) is 1.97. The Morgan fingerprint density at radius 2 is 1.83 bits per heavy atom. The maximum absolute atomic E-state index is 10.6. The van der Waals surface area contributed by atoms with Crippen molar-refractivity contribution in [3.05, 3.63) is 42.2 Å². The van der Waals surface area contributed by atoms with Crippen LogP contribution in [0.1, 0.15) is 65.2 Å². The van der Waals surface area contributed by atoms with E-state index in [-0.39, 0.29) is 5.92 Å². The molecule has 0 aromatic rings. The van der Waals surface area contributed by atoms with Gasteiger partial charge in [0.2, 0.25) is 0 Å². The van der Waals surface area contributed by atoms with Crippen LogP contribution in [0.5, 0.6) is 0 Å². The minimum atomic E-state index is -0.749. The highest BCUT2D eigenvalue weighted by Gasteiger charge is 2.06. The maximum atomic E-state index is 10.6. The summed E-state index contributed by atoms with van der Waals surface area (Å²) in [5.41, 5.74) is 3.05. The zero-order chi connectivity index (χ0) is 17.9. The van der Waals surface area contributed by atoms with Gasteiger partial charge in [0.1, 0.15) is 0 Å². The topological polar surface area (TPSA) is 37.3 Å². The molecule has 0 bridgehead atoms. The Balaban J connectivity index is 3.44. The van der Waals surface area contributed by atoms with Gasteiger partial charge < -0.3 is 5.11 Å². The summed E-state index contributed by atoms with van der Waals surface area (Å²) < 4.78 is 0. The van der Waals surface area contributed by atoms with Gasteiger partial charge in [-0.15, -0.1) is 5.73 Å². The molecule has 136 valence electrons. The number of unbranched alkanes of at least 4 members (excludes halogenated alkanes) is 4. The number of carboxylic acids is 1. The van der Waals surface area contributed by atoms with E-state index in [4.69, 9.17) is 5.11 Å². The molecule has 0 amide bonds. The Labute approximate surface area is 152 Å². The molecule has 0 aromatic heterocycles. The lowest BCUT2D eigenvalue weighted by Crippen LogP contribution is -2.07. The minimum Gasteiger partial charge on any atom is -0.481 e. The Hall–Kier alpha value is -1.18. The van der Waals surface area contributed by atoms with Crippen LogP contribution in [0.15, 0.2) is 42.2 Å². The molecule has 1 unspecified atom stereocenters. The van der Waals surface area contributed by atoms with E-state index in [1.165, 1.54) is 32.1 Å². The van der Waals surface area contributed by atoms with Crippen molar-refractivity contribution < 1.29 is 9.90 Å². The second-order valence-corrected chi connectivity index (χ2v) is 7.09. The molecule has 1 N–H and O–H groups in total. The molecule has 0 aromatic carbocycles. The molecule has 1 atom stereocenters. The molecule has 0 heterocycles. The Morgan fingerprint density at radius 3 is 2.54 bits per heavy atom. The highest BCUT2D eigenvalue weighted by Crippen LogP contribution is 2.05. The van der Waals surface area contributed by atoms with E-state index < -0.39 is 5.97 Å². The lowest BCUT2D eigenvalue weighted by Gasteiger charge is -1.98. The number of carbonyl (C=O) groups is 1. The Kier molecular flexibility index (Phi) is 17.3. The molecule has 0 radical (unpaired) electrons. The van der Waals surface area contributed by atoms with Crippen LogP contribution in [-0.2, 0) is 4.79 Å². The van der Waals surface area contributed by atoms with E-state index in [9.17, 15) is 4.79 Å². The first kappa shape index (κ1) is 22.8. The summed E-state index contributed by atoms with van der Waals surface area (Å²) in [6.07, 6.45) is 22.1. The molecule has 0 aliphatic rings. The maximum Gasteiger partial charge on any atom is 0.306 e.